The maximum Gasteiger partial charge on any atom is 0.317 e. The lowest BCUT2D eigenvalue weighted by molar-refractivity contribution is -0.140. The molecule has 3 aromatic heterocycles. The Hall–Kier alpha value is -6.32. The molecule has 3 aliphatic rings. The molecule has 3 aromatic rings. The van der Waals surface area contributed by atoms with Gasteiger partial charge < -0.3 is 51.3 Å². The monoisotopic (exact) mass is 1040 g/mol. The Morgan fingerprint density at radius 3 is 2.04 bits per heavy atom. The predicted molar refractivity (Wildman–Crippen MR) is 288 cm³/mol. The molecule has 0 saturated heterocycles. The van der Waals surface area contributed by atoms with E-state index in [1.54, 1.807) is 9.80 Å². The maximum absolute atomic E-state index is 13.9. The summed E-state index contributed by atoms with van der Waals surface area (Å²) in [6, 6.07) is 6.31. The van der Waals surface area contributed by atoms with Crippen molar-refractivity contribution in [2.45, 2.75) is 118 Å². The molecule has 1 aliphatic carbocycles. The summed E-state index contributed by atoms with van der Waals surface area (Å²) in [4.78, 5) is 94.9. The number of rotatable bonds is 31. The van der Waals surface area contributed by atoms with Gasteiger partial charge in [0.1, 0.15) is 0 Å². The molecule has 75 heavy (non-hydrogen) atoms. The molecule has 0 fully saturated rings. The van der Waals surface area contributed by atoms with Crippen LogP contribution in [0.1, 0.15) is 153 Å². The van der Waals surface area contributed by atoms with Crippen LogP contribution >= 0.6 is 0 Å². The lowest BCUT2D eigenvalue weighted by Crippen LogP contribution is -2.45. The molecule has 9 N–H and O–H groups in total. The van der Waals surface area contributed by atoms with Crippen molar-refractivity contribution in [2.75, 3.05) is 85.1 Å². The Kier molecular flexibility index (Phi) is 21.2. The number of aromatic nitrogens is 4. The average Bonchev–Trinajstić information content (AvgIpc) is 4.12. The third-order valence-corrected chi connectivity index (χ3v) is 14.6. The number of ether oxygens (including phenoxy) is 1. The van der Waals surface area contributed by atoms with Gasteiger partial charge in [-0.3, -0.25) is 43.6 Å². The van der Waals surface area contributed by atoms with Gasteiger partial charge >= 0.3 is 17.9 Å². The van der Waals surface area contributed by atoms with Gasteiger partial charge in [-0.25, -0.2) is 4.98 Å². The van der Waals surface area contributed by atoms with Crippen LogP contribution in [0.3, 0.4) is 0 Å². The van der Waals surface area contributed by atoms with Crippen LogP contribution in [0.2, 0.25) is 0 Å². The Labute approximate surface area is 438 Å². The second kappa shape index (κ2) is 27.5. The van der Waals surface area contributed by atoms with Gasteiger partial charge in [0.25, 0.3) is 0 Å². The van der Waals surface area contributed by atoms with Crippen LogP contribution in [0, 0.1) is 13.8 Å². The highest BCUT2D eigenvalue weighted by Gasteiger charge is 2.36. The van der Waals surface area contributed by atoms with Crippen LogP contribution in [0.25, 0.3) is 33.2 Å². The number of aliphatic carboxylic acids is 3. The minimum Gasteiger partial charge on any atom is -0.480 e. The number of hydrogen-bond donors (Lipinski definition) is 9. The average molecular weight is 1040 g/mol. The number of ketones is 1. The fraction of sp³-hybridized carbons (Fsp3) is 0.564. The van der Waals surface area contributed by atoms with Gasteiger partial charge in [0.15, 0.2) is 5.78 Å². The van der Waals surface area contributed by atoms with E-state index in [4.69, 9.17) is 19.8 Å². The van der Waals surface area contributed by atoms with Crippen LogP contribution in [-0.2, 0) is 35.1 Å². The second-order valence-electron chi connectivity index (χ2n) is 20.0. The van der Waals surface area contributed by atoms with Crippen molar-refractivity contribution in [1.29, 1.82) is 0 Å². The zero-order chi connectivity index (χ0) is 54.3. The normalized spacial score (nSPS) is 15.6. The highest BCUT2D eigenvalue weighted by Crippen LogP contribution is 2.45. The molecule has 0 spiro atoms. The fourth-order valence-corrected chi connectivity index (χ4v) is 10.5. The zero-order valence-electron chi connectivity index (χ0n) is 44.8. The van der Waals surface area contributed by atoms with Crippen LogP contribution in [0.15, 0.2) is 18.2 Å². The van der Waals surface area contributed by atoms with Crippen molar-refractivity contribution in [2.24, 2.45) is 0 Å². The summed E-state index contributed by atoms with van der Waals surface area (Å²) in [5, 5.41) is 39.0. The van der Waals surface area contributed by atoms with Crippen molar-refractivity contribution in [3.05, 3.63) is 68.8 Å². The number of carboxylic acid groups (broad SMARTS) is 3. The lowest BCUT2D eigenvalue weighted by atomic mass is 9.85. The summed E-state index contributed by atoms with van der Waals surface area (Å²) < 4.78 is 6.51. The molecule has 20 heteroatoms. The number of nitrogens with zero attached hydrogens (tertiary/aromatic N) is 4. The molecule has 0 saturated carbocycles. The Morgan fingerprint density at radius 2 is 1.40 bits per heavy atom. The van der Waals surface area contributed by atoms with E-state index >= 15 is 0 Å². The number of carbonyl (C=O) groups excluding carboxylic acids is 3. The van der Waals surface area contributed by atoms with Gasteiger partial charge in [-0.15, -0.1) is 0 Å². The smallest absolute Gasteiger partial charge is 0.317 e. The first kappa shape index (κ1) is 57.9. The standard InChI is InChI=1S/C55H78N10O10/c1-8-10-11-12-23-75-36(7)52-34(5)42-25-41-33(4)38(54(62-41)39-24-46(66)53-35(6)43(63-55(39)53)26-44-37(9-2)32(3)40(60-44)27-45(52)61-42)13-14-47(67)58-15-16-59-48(68)28-56-17-19-64(30-50(71)72)21-22-65(31-51(73)74)20-18-57-29-49(69)70/h25-27,33,36,38,56-57,61,63H,8-24,28-31H2,1-7H3,(H,58,67)(H,59,68)(H,69,70)(H,71,72)(H,73,74)/t33?,36?,38-/m0/s1. The van der Waals surface area contributed by atoms with E-state index in [9.17, 15) is 39.0 Å². The minimum absolute atomic E-state index is 0.0321. The van der Waals surface area contributed by atoms with E-state index < -0.39 is 17.9 Å². The maximum atomic E-state index is 13.9. The van der Waals surface area contributed by atoms with E-state index in [2.05, 4.69) is 91.0 Å². The minimum atomic E-state index is -1.06. The van der Waals surface area contributed by atoms with E-state index in [1.165, 1.54) is 6.42 Å². The summed E-state index contributed by atoms with van der Waals surface area (Å²) in [5.41, 5.74) is 13.7. The number of carbonyl (C=O) groups is 6. The molecule has 408 valence electrons. The third-order valence-electron chi connectivity index (χ3n) is 14.6. The molecular formula is C55H78N10O10. The number of carboxylic acids is 3. The molecule has 2 unspecified atom stereocenters. The number of H-pyrrole nitrogens is 2. The third kappa shape index (κ3) is 15.4. The first-order chi connectivity index (χ1) is 35.9. The Balaban J connectivity index is 1.12. The van der Waals surface area contributed by atoms with Crippen LogP contribution < -0.4 is 21.3 Å². The topological polar surface area (TPSA) is 284 Å². The van der Waals surface area contributed by atoms with Crippen LogP contribution in [0.4, 0.5) is 0 Å². The molecule has 5 heterocycles. The molecule has 2 amide bonds. The summed E-state index contributed by atoms with van der Waals surface area (Å²) in [5.74, 6) is -3.87. The SMILES string of the molecule is CCCCCCOC(C)c1c(C)c2cc3nc(c4c5[nH]c(cc6nc(cc1[nH]2)C(C)=C6CC)c(C)c5C(=O)C4)[C@@H](CCC(=O)NCCNC(=O)CNCCN(CCN(CCNCC(=O)O)CC(=O)O)CC(=O)O)C3C. The molecule has 3 atom stereocenters. The summed E-state index contributed by atoms with van der Waals surface area (Å²) >= 11 is 0. The summed E-state index contributed by atoms with van der Waals surface area (Å²) in [6.45, 7) is 16.5. The van der Waals surface area contributed by atoms with E-state index in [-0.39, 0.29) is 127 Å². The number of fused-ring (bicyclic) bond motifs is 8. The molecule has 2 aliphatic heterocycles. The number of aromatic amines is 2. The first-order valence-corrected chi connectivity index (χ1v) is 26.6. The van der Waals surface area contributed by atoms with Crippen LogP contribution in [-0.4, -0.2) is 166 Å². The van der Waals surface area contributed by atoms with Gasteiger partial charge in [-0.2, -0.15) is 0 Å². The zero-order valence-corrected chi connectivity index (χ0v) is 44.8. The van der Waals surface area contributed by atoms with Gasteiger partial charge in [-0.05, 0) is 87.4 Å². The van der Waals surface area contributed by atoms with Gasteiger partial charge in [-0.1, -0.05) is 40.0 Å². The molecule has 0 radical (unpaired) electrons. The second-order valence-corrected chi connectivity index (χ2v) is 20.0. The lowest BCUT2D eigenvalue weighted by Gasteiger charge is -2.26. The molecule has 20 nitrogen and oxygen atoms in total. The van der Waals surface area contributed by atoms with Gasteiger partial charge in [0.2, 0.25) is 11.8 Å². The van der Waals surface area contributed by atoms with E-state index in [1.807, 2.05) is 6.92 Å². The van der Waals surface area contributed by atoms with Crippen molar-refractivity contribution < 1.29 is 48.8 Å². The number of unbranched alkanes of at least 4 members (excludes halogenated alkanes) is 3. The quantitative estimate of drug-likeness (QED) is 0.0354. The summed E-state index contributed by atoms with van der Waals surface area (Å²) in [7, 11) is 0. The van der Waals surface area contributed by atoms with E-state index in [0.717, 1.165) is 104 Å². The molecule has 0 aromatic carbocycles. The van der Waals surface area contributed by atoms with E-state index in [0.29, 0.717) is 18.6 Å². The van der Waals surface area contributed by atoms with Crippen molar-refractivity contribution >= 4 is 68.7 Å². The van der Waals surface area contributed by atoms with Gasteiger partial charge in [0, 0.05) is 123 Å². The summed E-state index contributed by atoms with van der Waals surface area (Å²) in [6.07, 6.45) is 5.93. The van der Waals surface area contributed by atoms with Crippen molar-refractivity contribution in [3.8, 4) is 0 Å². The number of allylic oxidation sites excluding steroid dienone is 2. The molecule has 6 rings (SSSR count). The number of aryl methyl sites for hydroxylation is 2. The first-order valence-electron chi connectivity index (χ1n) is 26.6. The largest absolute Gasteiger partial charge is 0.480 e. The van der Waals surface area contributed by atoms with Crippen molar-refractivity contribution in [3.63, 3.8) is 0 Å². The number of amides is 2. The predicted octanol–water partition coefficient (Wildman–Crippen LogP) is 5.61. The number of nitrogens with one attached hydrogen (secondary N) is 6. The van der Waals surface area contributed by atoms with Crippen molar-refractivity contribution in [1.82, 2.24) is 51.0 Å². The Bertz CT molecular complexity index is 2780. The molecular weight excluding hydrogens is 961 g/mol. The van der Waals surface area contributed by atoms with Crippen LogP contribution in [0.5, 0.6) is 0 Å². The number of Topliss-reactive ketones (excluding diaryl/α,β-unsaturated/α-hetero) is 1. The number of hydrogen-bond acceptors (Lipinski definition) is 13. The highest BCUT2D eigenvalue weighted by atomic mass is 16.5. The highest BCUT2D eigenvalue weighted by molar-refractivity contribution is 6.13. The fourth-order valence-electron chi connectivity index (χ4n) is 10.5. The van der Waals surface area contributed by atoms with Gasteiger partial charge in [0.05, 0.1) is 54.9 Å². The Morgan fingerprint density at radius 1 is 0.760 bits per heavy atom. The molecule has 8 bridgehead atoms.